The van der Waals surface area contributed by atoms with Crippen LogP contribution in [0.1, 0.15) is 29.7 Å². The summed E-state index contributed by atoms with van der Waals surface area (Å²) in [6, 6.07) is 5.82. The fourth-order valence-electron chi connectivity index (χ4n) is 2.58. The SMILES string of the molecule is Cc1ccc([N+](=O)[O-])c(NC(=O)C[NH2+][C@H](C)c2ccc(F)cc2F)c1C. The zero-order valence-electron chi connectivity index (χ0n) is 14.7. The number of hydrogen-bond donors (Lipinski definition) is 2. The molecule has 0 aliphatic carbocycles. The Hall–Kier alpha value is -2.87. The summed E-state index contributed by atoms with van der Waals surface area (Å²) in [6.07, 6.45) is 0. The molecule has 6 nitrogen and oxygen atoms in total. The van der Waals surface area contributed by atoms with Crippen LogP contribution in [0.2, 0.25) is 0 Å². The molecule has 0 heterocycles. The lowest BCUT2D eigenvalue weighted by molar-refractivity contribution is -0.682. The average Bonchev–Trinajstić information content (AvgIpc) is 2.56. The van der Waals surface area contributed by atoms with Crippen molar-refractivity contribution in [1.82, 2.24) is 0 Å². The van der Waals surface area contributed by atoms with Crippen LogP contribution in [0.3, 0.4) is 0 Å². The fraction of sp³-hybridized carbons (Fsp3) is 0.278. The van der Waals surface area contributed by atoms with Crippen LogP contribution in [0.15, 0.2) is 30.3 Å². The summed E-state index contributed by atoms with van der Waals surface area (Å²) < 4.78 is 26.7. The Balaban J connectivity index is 2.08. The van der Waals surface area contributed by atoms with E-state index in [0.717, 1.165) is 17.7 Å². The third-order valence-electron chi connectivity index (χ3n) is 4.28. The van der Waals surface area contributed by atoms with E-state index in [2.05, 4.69) is 5.32 Å². The lowest BCUT2D eigenvalue weighted by atomic mass is 10.1. The summed E-state index contributed by atoms with van der Waals surface area (Å²) in [4.78, 5) is 22.8. The summed E-state index contributed by atoms with van der Waals surface area (Å²) in [5.74, 6) is -1.80. The van der Waals surface area contributed by atoms with Gasteiger partial charge in [-0.3, -0.25) is 14.9 Å². The summed E-state index contributed by atoms with van der Waals surface area (Å²) in [5, 5.41) is 15.3. The summed E-state index contributed by atoms with van der Waals surface area (Å²) in [6.45, 7) is 5.10. The van der Waals surface area contributed by atoms with Crippen LogP contribution < -0.4 is 10.6 Å². The molecule has 0 spiro atoms. The van der Waals surface area contributed by atoms with Gasteiger partial charge in [0.2, 0.25) is 0 Å². The van der Waals surface area contributed by atoms with Gasteiger partial charge in [-0.05, 0) is 44.0 Å². The normalized spacial score (nSPS) is 11.9. The molecule has 2 rings (SSSR count). The molecule has 0 saturated carbocycles. The zero-order chi connectivity index (χ0) is 19.4. The number of nitro benzene ring substituents is 1. The molecule has 0 saturated heterocycles. The number of rotatable bonds is 6. The van der Waals surface area contributed by atoms with Crippen molar-refractivity contribution in [3.8, 4) is 0 Å². The first-order chi connectivity index (χ1) is 12.2. The second kappa shape index (κ2) is 8.01. The standard InChI is InChI=1S/C18H19F2N3O3/c1-10-4-7-16(23(25)26)18(11(10)2)22-17(24)9-21-12(3)14-6-5-13(19)8-15(14)20/h4-8,12,21H,9H2,1-3H3,(H,22,24)/p+1/t12-/m1/s1. The van der Waals surface area contributed by atoms with Gasteiger partial charge >= 0.3 is 0 Å². The minimum Gasteiger partial charge on any atom is -0.332 e. The van der Waals surface area contributed by atoms with E-state index in [1.54, 1.807) is 32.2 Å². The van der Waals surface area contributed by atoms with Gasteiger partial charge in [0.25, 0.3) is 11.6 Å². The number of carbonyl (C=O) groups excluding carboxylic acids is 1. The van der Waals surface area contributed by atoms with Gasteiger partial charge in [0, 0.05) is 17.7 Å². The van der Waals surface area contributed by atoms with Gasteiger partial charge < -0.3 is 10.6 Å². The maximum absolute atomic E-state index is 13.8. The molecule has 0 aliphatic heterocycles. The maximum Gasteiger partial charge on any atom is 0.293 e. The highest BCUT2D eigenvalue weighted by Gasteiger charge is 2.21. The number of quaternary nitrogens is 1. The monoisotopic (exact) mass is 364 g/mol. The Labute approximate surface area is 149 Å². The molecular formula is C18H20F2N3O3+. The number of nitrogens with two attached hydrogens (primary N) is 1. The molecule has 0 aliphatic rings. The lowest BCUT2D eigenvalue weighted by Gasteiger charge is -2.13. The van der Waals surface area contributed by atoms with Crippen LogP contribution in [-0.2, 0) is 4.79 Å². The summed E-state index contributed by atoms with van der Waals surface area (Å²) in [7, 11) is 0. The highest BCUT2D eigenvalue weighted by molar-refractivity contribution is 5.94. The number of amides is 1. The first kappa shape index (κ1) is 19.5. The van der Waals surface area contributed by atoms with Crippen molar-refractivity contribution < 1.29 is 23.8 Å². The van der Waals surface area contributed by atoms with Crippen LogP contribution in [0, 0.1) is 35.6 Å². The number of anilines is 1. The molecule has 138 valence electrons. The number of hydrogen-bond acceptors (Lipinski definition) is 3. The van der Waals surface area contributed by atoms with Gasteiger partial charge in [0.1, 0.15) is 23.4 Å². The number of nitrogens with zero attached hydrogens (tertiary/aromatic N) is 1. The zero-order valence-corrected chi connectivity index (χ0v) is 14.7. The van der Waals surface area contributed by atoms with Gasteiger partial charge in [-0.25, -0.2) is 8.78 Å². The second-order valence-electron chi connectivity index (χ2n) is 6.10. The Morgan fingerprint density at radius 1 is 1.27 bits per heavy atom. The number of benzene rings is 2. The maximum atomic E-state index is 13.8. The average molecular weight is 364 g/mol. The number of aryl methyl sites for hydroxylation is 1. The fourth-order valence-corrected chi connectivity index (χ4v) is 2.58. The molecule has 3 N–H and O–H groups in total. The smallest absolute Gasteiger partial charge is 0.293 e. The van der Waals surface area contributed by atoms with Crippen LogP contribution in [-0.4, -0.2) is 17.4 Å². The topological polar surface area (TPSA) is 88.9 Å². The van der Waals surface area contributed by atoms with E-state index in [0.29, 0.717) is 5.56 Å². The van der Waals surface area contributed by atoms with E-state index < -0.39 is 28.5 Å². The van der Waals surface area contributed by atoms with Crippen molar-refractivity contribution in [3.63, 3.8) is 0 Å². The van der Waals surface area contributed by atoms with Crippen molar-refractivity contribution in [1.29, 1.82) is 0 Å². The quantitative estimate of drug-likeness (QED) is 0.610. The Morgan fingerprint density at radius 3 is 2.58 bits per heavy atom. The number of nitro groups is 1. The number of nitrogens with one attached hydrogen (secondary N) is 1. The minimum absolute atomic E-state index is 0.0669. The largest absolute Gasteiger partial charge is 0.332 e. The molecule has 0 fully saturated rings. The van der Waals surface area contributed by atoms with Crippen LogP contribution in [0.4, 0.5) is 20.2 Å². The van der Waals surface area contributed by atoms with E-state index in [9.17, 15) is 23.7 Å². The molecule has 26 heavy (non-hydrogen) atoms. The summed E-state index contributed by atoms with van der Waals surface area (Å²) >= 11 is 0. The third-order valence-corrected chi connectivity index (χ3v) is 4.28. The van der Waals surface area contributed by atoms with E-state index in [4.69, 9.17) is 0 Å². The second-order valence-corrected chi connectivity index (χ2v) is 6.10. The number of halogens is 2. The lowest BCUT2D eigenvalue weighted by Crippen LogP contribution is -2.86. The molecule has 2 aromatic carbocycles. The Bertz CT molecular complexity index is 856. The molecule has 0 aromatic heterocycles. The van der Waals surface area contributed by atoms with Crippen molar-refractivity contribution in [2.45, 2.75) is 26.8 Å². The predicted molar refractivity (Wildman–Crippen MR) is 92.8 cm³/mol. The minimum atomic E-state index is -0.681. The molecule has 0 bridgehead atoms. The van der Waals surface area contributed by atoms with Gasteiger partial charge in [0.05, 0.1) is 4.92 Å². The van der Waals surface area contributed by atoms with E-state index >= 15 is 0 Å². The first-order valence-electron chi connectivity index (χ1n) is 8.03. The predicted octanol–water partition coefficient (Wildman–Crippen LogP) is 2.75. The van der Waals surface area contributed by atoms with Crippen molar-refractivity contribution in [3.05, 3.63) is 68.8 Å². The molecule has 1 atom stereocenters. The molecular weight excluding hydrogens is 344 g/mol. The number of carbonyl (C=O) groups is 1. The van der Waals surface area contributed by atoms with Crippen molar-refractivity contribution >= 4 is 17.3 Å². The highest BCUT2D eigenvalue weighted by atomic mass is 19.1. The van der Waals surface area contributed by atoms with E-state index in [1.165, 1.54) is 12.1 Å². The summed E-state index contributed by atoms with van der Waals surface area (Å²) in [5.41, 5.74) is 1.69. The molecule has 0 radical (unpaired) electrons. The highest BCUT2D eigenvalue weighted by Crippen LogP contribution is 2.30. The van der Waals surface area contributed by atoms with E-state index in [1.807, 2.05) is 0 Å². The van der Waals surface area contributed by atoms with Crippen molar-refractivity contribution in [2.75, 3.05) is 11.9 Å². The molecule has 1 amide bonds. The van der Waals surface area contributed by atoms with E-state index in [-0.39, 0.29) is 23.5 Å². The van der Waals surface area contributed by atoms with Gasteiger partial charge in [-0.1, -0.05) is 6.07 Å². The van der Waals surface area contributed by atoms with Crippen molar-refractivity contribution in [2.24, 2.45) is 0 Å². The van der Waals surface area contributed by atoms with Crippen LogP contribution >= 0.6 is 0 Å². The van der Waals surface area contributed by atoms with Gasteiger partial charge in [-0.2, -0.15) is 0 Å². The molecule has 8 heteroatoms. The van der Waals surface area contributed by atoms with Gasteiger partial charge in [-0.15, -0.1) is 0 Å². The Morgan fingerprint density at radius 2 is 1.96 bits per heavy atom. The molecule has 0 unspecified atom stereocenters. The molecule has 2 aromatic rings. The van der Waals surface area contributed by atoms with Gasteiger partial charge in [0.15, 0.2) is 6.54 Å². The third kappa shape index (κ3) is 4.40. The van der Waals surface area contributed by atoms with Crippen LogP contribution in [0.25, 0.3) is 0 Å². The first-order valence-corrected chi connectivity index (χ1v) is 8.03. The van der Waals surface area contributed by atoms with Crippen LogP contribution in [0.5, 0.6) is 0 Å². The Kier molecular flexibility index (Phi) is 5.99.